The van der Waals surface area contributed by atoms with E-state index in [4.69, 9.17) is 4.42 Å². The van der Waals surface area contributed by atoms with Gasteiger partial charge in [0.25, 0.3) is 0 Å². The highest BCUT2D eigenvalue weighted by molar-refractivity contribution is 6.13. The molecule has 0 aliphatic rings. The van der Waals surface area contributed by atoms with Crippen LogP contribution in [-0.2, 0) is 16.2 Å². The topological polar surface area (TPSA) is 23.0 Å². The Morgan fingerprint density at radius 1 is 0.412 bits per heavy atom. The lowest BCUT2D eigenvalue weighted by atomic mass is 9.78. The summed E-state index contributed by atoms with van der Waals surface area (Å²) in [6, 6.07) is 42.8. The Hall–Kier alpha value is -5.28. The molecule has 3 nitrogen and oxygen atoms in total. The fourth-order valence-electron chi connectivity index (χ4n) is 8.28. The summed E-state index contributed by atoms with van der Waals surface area (Å²) in [4.78, 5) is 0. The first kappa shape index (κ1) is 31.7. The molecule has 51 heavy (non-hydrogen) atoms. The molecule has 0 N–H and O–H groups in total. The van der Waals surface area contributed by atoms with E-state index in [0.717, 1.165) is 16.9 Å². The van der Waals surface area contributed by atoms with Crippen molar-refractivity contribution >= 4 is 65.6 Å². The van der Waals surface area contributed by atoms with Crippen molar-refractivity contribution in [2.75, 3.05) is 0 Å². The molecule has 0 aliphatic carbocycles. The number of hydrogen-bond donors (Lipinski definition) is 0. The van der Waals surface area contributed by atoms with Gasteiger partial charge >= 0.3 is 0 Å². The van der Waals surface area contributed by atoms with Crippen molar-refractivity contribution in [2.45, 2.75) is 78.6 Å². The van der Waals surface area contributed by atoms with Crippen LogP contribution in [0.25, 0.3) is 76.9 Å². The highest BCUT2D eigenvalue weighted by Crippen LogP contribution is 2.45. The molecular formula is C48H46N2O. The van der Waals surface area contributed by atoms with Crippen LogP contribution < -0.4 is 0 Å². The summed E-state index contributed by atoms with van der Waals surface area (Å²) in [6.07, 6.45) is 0. The fraction of sp³-hybridized carbons (Fsp3) is 0.250. The Balaban J connectivity index is 1.36. The van der Waals surface area contributed by atoms with Gasteiger partial charge in [-0.05, 0) is 82.0 Å². The van der Waals surface area contributed by atoms with E-state index in [0.29, 0.717) is 0 Å². The molecule has 0 fully saturated rings. The molecule has 9 aromatic rings. The molecule has 6 aromatic carbocycles. The predicted molar refractivity (Wildman–Crippen MR) is 218 cm³/mol. The summed E-state index contributed by atoms with van der Waals surface area (Å²) in [5, 5.41) is 7.45. The van der Waals surface area contributed by atoms with E-state index >= 15 is 0 Å². The molecular weight excluding hydrogens is 621 g/mol. The van der Waals surface area contributed by atoms with E-state index in [1.54, 1.807) is 0 Å². The molecule has 0 atom stereocenters. The number of benzene rings is 6. The van der Waals surface area contributed by atoms with Crippen LogP contribution in [0.2, 0.25) is 0 Å². The molecule has 254 valence electrons. The van der Waals surface area contributed by atoms with Gasteiger partial charge in [-0.2, -0.15) is 0 Å². The lowest BCUT2D eigenvalue weighted by Crippen LogP contribution is -2.16. The Kier molecular flexibility index (Phi) is 6.60. The molecule has 3 heterocycles. The van der Waals surface area contributed by atoms with Crippen molar-refractivity contribution in [2.24, 2.45) is 0 Å². The van der Waals surface area contributed by atoms with Crippen molar-refractivity contribution in [3.63, 3.8) is 0 Å². The van der Waals surface area contributed by atoms with Gasteiger partial charge in [0.15, 0.2) is 0 Å². The minimum Gasteiger partial charge on any atom is -0.456 e. The molecule has 9 rings (SSSR count). The van der Waals surface area contributed by atoms with Gasteiger partial charge in [0.05, 0.1) is 22.1 Å². The zero-order valence-corrected chi connectivity index (χ0v) is 31.3. The zero-order chi connectivity index (χ0) is 35.6. The maximum atomic E-state index is 6.94. The maximum Gasteiger partial charge on any atom is 0.139 e. The summed E-state index contributed by atoms with van der Waals surface area (Å²) >= 11 is 0. The number of fused-ring (bicyclic) bond motifs is 9. The SMILES string of the molecule is CC(C)(C)c1cc(C(C)(C)C)c2c(c1)oc1c(C(C)(C)C)cc(-n3c4ccccc4c4cc(-n5c6ccccc6c6ccccc65)ccc43)cc12. The highest BCUT2D eigenvalue weighted by Gasteiger charge is 2.29. The third-order valence-electron chi connectivity index (χ3n) is 10.9. The third-order valence-corrected chi connectivity index (χ3v) is 10.9. The molecule has 0 unspecified atom stereocenters. The lowest BCUT2D eigenvalue weighted by molar-refractivity contribution is 0.563. The largest absolute Gasteiger partial charge is 0.456 e. The quantitative estimate of drug-likeness (QED) is 0.180. The Morgan fingerprint density at radius 2 is 0.902 bits per heavy atom. The number of furan rings is 1. The first-order valence-corrected chi connectivity index (χ1v) is 18.3. The van der Waals surface area contributed by atoms with Crippen LogP contribution in [0.1, 0.15) is 79.0 Å². The normalized spacial score (nSPS) is 13.2. The second kappa shape index (κ2) is 10.6. The minimum absolute atomic E-state index is 0.00618. The summed E-state index contributed by atoms with van der Waals surface area (Å²) < 4.78 is 11.8. The molecule has 0 saturated heterocycles. The van der Waals surface area contributed by atoms with E-state index < -0.39 is 0 Å². The molecule has 0 spiro atoms. The summed E-state index contributed by atoms with van der Waals surface area (Å²) in [6.45, 7) is 20.7. The summed E-state index contributed by atoms with van der Waals surface area (Å²) in [7, 11) is 0. The molecule has 0 saturated carbocycles. The third kappa shape index (κ3) is 4.78. The van der Waals surface area contributed by atoms with Gasteiger partial charge in [0.2, 0.25) is 0 Å². The maximum absolute atomic E-state index is 6.94. The molecule has 0 radical (unpaired) electrons. The Morgan fingerprint density at radius 3 is 1.45 bits per heavy atom. The first-order chi connectivity index (χ1) is 24.2. The predicted octanol–water partition coefficient (Wildman–Crippen LogP) is 13.7. The average molecular weight is 667 g/mol. The Labute approximate surface area is 300 Å². The highest BCUT2D eigenvalue weighted by atomic mass is 16.3. The number of para-hydroxylation sites is 3. The summed E-state index contributed by atoms with van der Waals surface area (Å²) in [5.41, 5.74) is 12.8. The Bertz CT molecular complexity index is 2800. The standard InChI is InChI=1S/C48H46N2O/c1-46(2,3)29-24-37(47(4,5)6)44-36-27-31(28-38(48(7,8)9)45(36)51-43(44)25-29)50-41-21-15-12-18-34(41)35-26-30(22-23-42(35)50)49-39-19-13-10-16-32(39)33-17-11-14-20-40(33)49/h10-28H,1-9H3. The molecule has 0 bridgehead atoms. The van der Waals surface area contributed by atoms with Crippen LogP contribution in [0.4, 0.5) is 0 Å². The van der Waals surface area contributed by atoms with E-state index in [1.807, 2.05) is 0 Å². The molecule has 3 aromatic heterocycles. The van der Waals surface area contributed by atoms with E-state index in [1.165, 1.54) is 76.8 Å². The van der Waals surface area contributed by atoms with Gasteiger partial charge in [0.1, 0.15) is 11.2 Å². The number of hydrogen-bond acceptors (Lipinski definition) is 1. The van der Waals surface area contributed by atoms with Crippen LogP contribution >= 0.6 is 0 Å². The zero-order valence-electron chi connectivity index (χ0n) is 31.3. The van der Waals surface area contributed by atoms with E-state index in [-0.39, 0.29) is 16.2 Å². The number of rotatable bonds is 2. The van der Waals surface area contributed by atoms with Crippen molar-refractivity contribution in [1.82, 2.24) is 9.13 Å². The van der Waals surface area contributed by atoms with Crippen molar-refractivity contribution < 1.29 is 4.42 Å². The lowest BCUT2D eigenvalue weighted by Gasteiger charge is -2.25. The van der Waals surface area contributed by atoms with E-state index in [2.05, 4.69) is 187 Å². The van der Waals surface area contributed by atoms with Crippen LogP contribution in [0, 0.1) is 0 Å². The van der Waals surface area contributed by atoms with Crippen LogP contribution in [-0.4, -0.2) is 9.13 Å². The van der Waals surface area contributed by atoms with Crippen LogP contribution in [0.5, 0.6) is 0 Å². The second-order valence-electron chi connectivity index (χ2n) is 17.5. The van der Waals surface area contributed by atoms with Crippen molar-refractivity contribution in [3.05, 3.63) is 132 Å². The summed E-state index contributed by atoms with van der Waals surface area (Å²) in [5.74, 6) is 0. The smallest absolute Gasteiger partial charge is 0.139 e. The van der Waals surface area contributed by atoms with Gasteiger partial charge < -0.3 is 13.6 Å². The van der Waals surface area contributed by atoms with Crippen LogP contribution in [0.3, 0.4) is 0 Å². The fourth-order valence-corrected chi connectivity index (χ4v) is 8.28. The first-order valence-electron chi connectivity index (χ1n) is 18.3. The van der Waals surface area contributed by atoms with Gasteiger partial charge in [-0.15, -0.1) is 0 Å². The second-order valence-corrected chi connectivity index (χ2v) is 17.5. The molecule has 0 aliphatic heterocycles. The van der Waals surface area contributed by atoms with Gasteiger partial charge in [-0.25, -0.2) is 0 Å². The average Bonchev–Trinajstić information content (AvgIpc) is 3.73. The van der Waals surface area contributed by atoms with E-state index in [9.17, 15) is 0 Å². The molecule has 0 amide bonds. The van der Waals surface area contributed by atoms with Gasteiger partial charge in [-0.1, -0.05) is 123 Å². The monoisotopic (exact) mass is 666 g/mol. The van der Waals surface area contributed by atoms with Gasteiger partial charge in [0, 0.05) is 49.3 Å². The minimum atomic E-state index is -0.140. The number of nitrogens with zero attached hydrogens (tertiary/aromatic N) is 2. The molecule has 3 heteroatoms. The number of aromatic nitrogens is 2. The van der Waals surface area contributed by atoms with Crippen LogP contribution in [0.15, 0.2) is 120 Å². The van der Waals surface area contributed by atoms with Gasteiger partial charge in [-0.3, -0.25) is 0 Å². The van der Waals surface area contributed by atoms with Crippen molar-refractivity contribution in [1.29, 1.82) is 0 Å². The van der Waals surface area contributed by atoms with Crippen molar-refractivity contribution in [3.8, 4) is 11.4 Å².